The fraction of sp³-hybridized carbons (Fsp3) is 0.190. The van der Waals surface area contributed by atoms with E-state index in [9.17, 15) is 0 Å². The smallest absolute Gasteiger partial charge is 0.225 e. The molecule has 0 bridgehead atoms. The van der Waals surface area contributed by atoms with Crippen molar-refractivity contribution >= 4 is 5.69 Å². The maximum Gasteiger partial charge on any atom is 0.225 e. The summed E-state index contributed by atoms with van der Waals surface area (Å²) in [4.78, 5) is 8.14. The molecule has 0 saturated heterocycles. The predicted molar refractivity (Wildman–Crippen MR) is 94.1 cm³/mol. The van der Waals surface area contributed by atoms with Crippen LogP contribution in [0.5, 0.6) is 0 Å². The van der Waals surface area contributed by atoms with E-state index in [1.807, 2.05) is 30.3 Å². The highest BCUT2D eigenvalue weighted by molar-refractivity contribution is 5.62. The van der Waals surface area contributed by atoms with Gasteiger partial charge in [-0.3, -0.25) is 0 Å². The largest absolute Gasteiger partial charge is 0.441 e. The SMILES string of the molecule is [C-]#[N+]c1cccc(-c2nc3c(o2)CCC(c2cccc(C#N)c2)C3)c1. The molecule has 0 fully saturated rings. The topological polar surface area (TPSA) is 54.2 Å². The number of benzene rings is 2. The zero-order valence-corrected chi connectivity index (χ0v) is 13.6. The zero-order chi connectivity index (χ0) is 17.2. The number of hydrogen-bond donors (Lipinski definition) is 0. The lowest BCUT2D eigenvalue weighted by Crippen LogP contribution is -2.12. The Bertz CT molecular complexity index is 1020. The highest BCUT2D eigenvalue weighted by Crippen LogP contribution is 2.35. The molecule has 1 atom stereocenters. The van der Waals surface area contributed by atoms with Crippen LogP contribution in [-0.4, -0.2) is 4.98 Å². The van der Waals surface area contributed by atoms with Crippen molar-refractivity contribution in [3.63, 3.8) is 0 Å². The Hall–Kier alpha value is -3.37. The van der Waals surface area contributed by atoms with Gasteiger partial charge in [-0.05, 0) is 36.1 Å². The van der Waals surface area contributed by atoms with Crippen LogP contribution in [0, 0.1) is 17.9 Å². The van der Waals surface area contributed by atoms with Crippen molar-refractivity contribution in [1.82, 2.24) is 4.98 Å². The van der Waals surface area contributed by atoms with Gasteiger partial charge in [-0.15, -0.1) is 0 Å². The van der Waals surface area contributed by atoms with E-state index in [1.54, 1.807) is 12.1 Å². The molecule has 2 aromatic carbocycles. The van der Waals surface area contributed by atoms with Crippen molar-refractivity contribution in [2.24, 2.45) is 0 Å². The summed E-state index contributed by atoms with van der Waals surface area (Å²) in [6.45, 7) is 7.14. The lowest BCUT2D eigenvalue weighted by atomic mass is 9.84. The molecule has 1 aliphatic rings. The predicted octanol–water partition coefficient (Wildman–Crippen LogP) is 5.04. The minimum atomic E-state index is 0.355. The number of rotatable bonds is 2. The van der Waals surface area contributed by atoms with E-state index in [0.29, 0.717) is 23.1 Å². The first-order valence-electron chi connectivity index (χ1n) is 8.23. The van der Waals surface area contributed by atoms with Gasteiger partial charge in [0.15, 0.2) is 5.69 Å². The van der Waals surface area contributed by atoms with Crippen molar-refractivity contribution < 1.29 is 4.42 Å². The van der Waals surface area contributed by atoms with Crippen LogP contribution in [0.3, 0.4) is 0 Å². The molecule has 0 spiro atoms. The third-order valence-electron chi connectivity index (χ3n) is 4.65. The van der Waals surface area contributed by atoms with E-state index in [-0.39, 0.29) is 0 Å². The fourth-order valence-electron chi connectivity index (χ4n) is 3.36. The summed E-state index contributed by atoms with van der Waals surface area (Å²) in [7, 11) is 0. The molecule has 1 aromatic heterocycles. The molecule has 4 rings (SSSR count). The molecule has 1 unspecified atom stereocenters. The van der Waals surface area contributed by atoms with E-state index in [2.05, 4.69) is 22.0 Å². The third kappa shape index (κ3) is 2.91. The summed E-state index contributed by atoms with van der Waals surface area (Å²) in [5.41, 5.74) is 4.29. The zero-order valence-electron chi connectivity index (χ0n) is 13.6. The monoisotopic (exact) mass is 325 g/mol. The summed E-state index contributed by atoms with van der Waals surface area (Å²) >= 11 is 0. The van der Waals surface area contributed by atoms with Crippen LogP contribution in [-0.2, 0) is 12.8 Å². The van der Waals surface area contributed by atoms with Crippen molar-refractivity contribution in [1.29, 1.82) is 5.26 Å². The molecule has 0 N–H and O–H groups in total. The highest BCUT2D eigenvalue weighted by atomic mass is 16.4. The standard InChI is InChI=1S/C21H15N3O/c1-23-18-7-3-6-17(11-18)21-24-19-12-16(8-9-20(19)25-21)15-5-2-4-14(10-15)13-22/h2-7,10-11,16H,8-9,12H2. The molecule has 25 heavy (non-hydrogen) atoms. The summed E-state index contributed by atoms with van der Waals surface area (Å²) < 4.78 is 5.95. The first-order chi connectivity index (χ1) is 12.3. The van der Waals surface area contributed by atoms with Crippen molar-refractivity contribution in [3.8, 4) is 17.5 Å². The van der Waals surface area contributed by atoms with Crippen molar-refractivity contribution in [2.75, 3.05) is 0 Å². The van der Waals surface area contributed by atoms with E-state index in [4.69, 9.17) is 16.3 Å². The molecule has 120 valence electrons. The first kappa shape index (κ1) is 15.2. The van der Waals surface area contributed by atoms with Crippen LogP contribution >= 0.6 is 0 Å². The Morgan fingerprint density at radius 2 is 2.08 bits per heavy atom. The van der Waals surface area contributed by atoms with Crippen LogP contribution in [0.25, 0.3) is 16.3 Å². The molecule has 1 heterocycles. The molecule has 4 nitrogen and oxygen atoms in total. The van der Waals surface area contributed by atoms with Crippen LogP contribution in [0.4, 0.5) is 5.69 Å². The second-order valence-electron chi connectivity index (χ2n) is 6.23. The molecule has 4 heteroatoms. The second kappa shape index (κ2) is 6.26. The van der Waals surface area contributed by atoms with Gasteiger partial charge in [0.1, 0.15) is 5.76 Å². The number of aryl methyl sites for hydroxylation is 1. The number of nitrogens with zero attached hydrogens (tertiary/aromatic N) is 3. The minimum Gasteiger partial charge on any atom is -0.441 e. The molecule has 3 aromatic rings. The highest BCUT2D eigenvalue weighted by Gasteiger charge is 2.25. The summed E-state index contributed by atoms with van der Waals surface area (Å²) in [6.07, 6.45) is 2.64. The van der Waals surface area contributed by atoms with Crippen LogP contribution in [0.15, 0.2) is 52.9 Å². The summed E-state index contributed by atoms with van der Waals surface area (Å²) in [6, 6.07) is 17.4. The molecule has 0 saturated carbocycles. The Labute approximate surface area is 146 Å². The maximum atomic E-state index is 9.09. The average Bonchev–Trinajstić information content (AvgIpc) is 3.11. The van der Waals surface area contributed by atoms with Crippen molar-refractivity contribution in [2.45, 2.75) is 25.2 Å². The number of hydrogen-bond acceptors (Lipinski definition) is 3. The normalized spacial score (nSPS) is 15.8. The summed E-state index contributed by atoms with van der Waals surface area (Å²) in [5.74, 6) is 1.88. The molecule has 0 aliphatic heterocycles. The Balaban J connectivity index is 1.63. The van der Waals surface area contributed by atoms with Gasteiger partial charge in [0, 0.05) is 18.4 Å². The minimum absolute atomic E-state index is 0.355. The van der Waals surface area contributed by atoms with E-state index in [1.165, 1.54) is 5.56 Å². The van der Waals surface area contributed by atoms with Gasteiger partial charge in [-0.25, -0.2) is 9.83 Å². The molecular formula is C21H15N3O. The maximum absolute atomic E-state index is 9.09. The lowest BCUT2D eigenvalue weighted by Gasteiger charge is -2.20. The van der Waals surface area contributed by atoms with Gasteiger partial charge in [-0.1, -0.05) is 30.3 Å². The Morgan fingerprint density at radius 3 is 2.92 bits per heavy atom. The molecule has 0 radical (unpaired) electrons. The summed E-state index contributed by atoms with van der Waals surface area (Å²) in [5, 5.41) is 9.09. The number of aromatic nitrogens is 1. The van der Waals surface area contributed by atoms with Crippen LogP contribution in [0.2, 0.25) is 0 Å². The number of fused-ring (bicyclic) bond motifs is 1. The van der Waals surface area contributed by atoms with Gasteiger partial charge in [0.2, 0.25) is 5.89 Å². The van der Waals surface area contributed by atoms with Crippen LogP contribution in [0.1, 0.15) is 34.9 Å². The fourth-order valence-corrected chi connectivity index (χ4v) is 3.36. The van der Waals surface area contributed by atoms with Crippen LogP contribution < -0.4 is 0 Å². The van der Waals surface area contributed by atoms with E-state index >= 15 is 0 Å². The Kier molecular flexibility index (Phi) is 3.80. The van der Waals surface area contributed by atoms with Gasteiger partial charge >= 0.3 is 0 Å². The van der Waals surface area contributed by atoms with E-state index in [0.717, 1.165) is 36.3 Å². The van der Waals surface area contributed by atoms with Gasteiger partial charge < -0.3 is 4.42 Å². The first-order valence-corrected chi connectivity index (χ1v) is 8.23. The van der Waals surface area contributed by atoms with Crippen molar-refractivity contribution in [3.05, 3.63) is 82.5 Å². The Morgan fingerprint density at radius 1 is 1.20 bits per heavy atom. The second-order valence-corrected chi connectivity index (χ2v) is 6.23. The third-order valence-corrected chi connectivity index (χ3v) is 4.65. The van der Waals surface area contributed by atoms with Gasteiger partial charge in [-0.2, -0.15) is 5.26 Å². The van der Waals surface area contributed by atoms with Gasteiger partial charge in [0.05, 0.1) is 23.9 Å². The van der Waals surface area contributed by atoms with E-state index < -0.39 is 0 Å². The number of oxazole rings is 1. The molecule has 1 aliphatic carbocycles. The number of nitriles is 1. The van der Waals surface area contributed by atoms with Gasteiger partial charge in [0.25, 0.3) is 0 Å². The quantitative estimate of drug-likeness (QED) is 0.620. The lowest BCUT2D eigenvalue weighted by molar-refractivity contribution is 0.465. The molecular weight excluding hydrogens is 310 g/mol. The molecule has 0 amide bonds. The average molecular weight is 325 g/mol.